The zero-order valence-electron chi connectivity index (χ0n) is 14.5. The molecule has 134 valence electrons. The van der Waals surface area contributed by atoms with Gasteiger partial charge < -0.3 is 9.42 Å². The van der Waals surface area contributed by atoms with E-state index in [1.54, 1.807) is 16.8 Å². The summed E-state index contributed by atoms with van der Waals surface area (Å²) >= 11 is 0. The number of carbonyl (C=O) groups excluding carboxylic acids is 1. The molecule has 1 fully saturated rings. The van der Waals surface area contributed by atoms with Gasteiger partial charge in [0.1, 0.15) is 6.33 Å². The van der Waals surface area contributed by atoms with E-state index in [9.17, 15) is 4.79 Å². The Morgan fingerprint density at radius 3 is 2.93 bits per heavy atom. The molecule has 1 amide bonds. The smallest absolute Gasteiger partial charge is 0.276 e. The van der Waals surface area contributed by atoms with Crippen molar-refractivity contribution in [2.24, 2.45) is 0 Å². The van der Waals surface area contributed by atoms with Crippen molar-refractivity contribution in [1.82, 2.24) is 24.7 Å². The number of likely N-dealkylation sites (tertiary alicyclic amines) is 1. The third kappa shape index (κ3) is 2.77. The summed E-state index contributed by atoms with van der Waals surface area (Å²) in [6.45, 7) is 0.728. The molecule has 4 aromatic rings. The number of nitrogens with zero attached hydrogens (tertiary/aromatic N) is 5. The lowest BCUT2D eigenvalue weighted by molar-refractivity contribution is 0.0725. The maximum atomic E-state index is 13.0. The predicted molar refractivity (Wildman–Crippen MR) is 97.9 cm³/mol. The van der Waals surface area contributed by atoms with Crippen molar-refractivity contribution in [3.8, 4) is 11.3 Å². The van der Waals surface area contributed by atoms with E-state index in [1.165, 1.54) is 6.33 Å². The summed E-state index contributed by atoms with van der Waals surface area (Å²) < 4.78 is 7.10. The van der Waals surface area contributed by atoms with Gasteiger partial charge >= 0.3 is 0 Å². The molecule has 1 aliphatic heterocycles. The summed E-state index contributed by atoms with van der Waals surface area (Å²) in [4.78, 5) is 19.0. The molecule has 4 heterocycles. The van der Waals surface area contributed by atoms with E-state index in [0.29, 0.717) is 11.5 Å². The van der Waals surface area contributed by atoms with Crippen LogP contribution < -0.4 is 0 Å². The number of benzene rings is 1. The fourth-order valence-electron chi connectivity index (χ4n) is 3.65. The van der Waals surface area contributed by atoms with Gasteiger partial charge in [-0.15, -0.1) is 0 Å². The molecule has 1 atom stereocenters. The number of amides is 1. The zero-order chi connectivity index (χ0) is 18.2. The Hall–Kier alpha value is -3.48. The highest BCUT2D eigenvalue weighted by atomic mass is 16.5. The van der Waals surface area contributed by atoms with Gasteiger partial charge in [-0.3, -0.25) is 4.79 Å². The zero-order valence-corrected chi connectivity index (χ0v) is 14.5. The minimum atomic E-state index is -0.0989. The normalized spacial score (nSPS) is 16.9. The van der Waals surface area contributed by atoms with E-state index in [1.807, 2.05) is 35.2 Å². The van der Waals surface area contributed by atoms with Crippen LogP contribution in [0.4, 0.5) is 0 Å². The maximum absolute atomic E-state index is 13.0. The first-order valence-electron chi connectivity index (χ1n) is 8.92. The fraction of sp³-hybridized carbons (Fsp3) is 0.200. The van der Waals surface area contributed by atoms with Crippen LogP contribution in [0.1, 0.15) is 34.9 Å². The van der Waals surface area contributed by atoms with Gasteiger partial charge in [-0.1, -0.05) is 35.5 Å². The second-order valence-corrected chi connectivity index (χ2v) is 6.62. The molecule has 27 heavy (non-hydrogen) atoms. The van der Waals surface area contributed by atoms with Crippen molar-refractivity contribution >= 4 is 11.6 Å². The Morgan fingerprint density at radius 1 is 1.15 bits per heavy atom. The minimum absolute atomic E-state index is 0.0883. The topological polar surface area (TPSA) is 76.5 Å². The molecule has 0 saturated carbocycles. The summed E-state index contributed by atoms with van der Waals surface area (Å²) in [5.41, 5.74) is 3.02. The summed E-state index contributed by atoms with van der Waals surface area (Å²) in [7, 11) is 0. The van der Waals surface area contributed by atoms with Gasteiger partial charge in [-0.05, 0) is 30.5 Å². The second-order valence-electron chi connectivity index (χ2n) is 6.62. The Kier molecular flexibility index (Phi) is 3.71. The van der Waals surface area contributed by atoms with Crippen molar-refractivity contribution in [3.63, 3.8) is 0 Å². The standard InChI is InChI=1S/C20H17N5O2/c26-20(24-10-4-7-17(24)14-5-2-1-3-6-14)16-11-18(27-23-16)15-8-9-19-21-13-22-25(19)12-15/h1-3,5-6,8-9,11-13,17H,4,7,10H2/t17-/m0/s1. The number of hydrogen-bond acceptors (Lipinski definition) is 5. The highest BCUT2D eigenvalue weighted by Crippen LogP contribution is 2.33. The Morgan fingerprint density at radius 2 is 2.04 bits per heavy atom. The quantitative estimate of drug-likeness (QED) is 0.561. The Bertz CT molecular complexity index is 1100. The first kappa shape index (κ1) is 15.7. The average molecular weight is 359 g/mol. The molecule has 7 heteroatoms. The lowest BCUT2D eigenvalue weighted by atomic mass is 10.0. The van der Waals surface area contributed by atoms with E-state index in [4.69, 9.17) is 4.52 Å². The number of hydrogen-bond donors (Lipinski definition) is 0. The number of aromatic nitrogens is 4. The van der Waals surface area contributed by atoms with E-state index in [2.05, 4.69) is 27.4 Å². The summed E-state index contributed by atoms with van der Waals surface area (Å²) in [6, 6.07) is 15.6. The summed E-state index contributed by atoms with van der Waals surface area (Å²) in [5, 5.41) is 8.14. The van der Waals surface area contributed by atoms with E-state index >= 15 is 0 Å². The summed E-state index contributed by atoms with van der Waals surface area (Å²) in [6.07, 6.45) is 5.24. The van der Waals surface area contributed by atoms with Crippen LogP contribution in [-0.4, -0.2) is 37.1 Å². The molecular weight excluding hydrogens is 342 g/mol. The van der Waals surface area contributed by atoms with E-state index in [-0.39, 0.29) is 11.9 Å². The van der Waals surface area contributed by atoms with Crippen LogP contribution >= 0.6 is 0 Å². The molecule has 1 aromatic carbocycles. The van der Waals surface area contributed by atoms with Gasteiger partial charge in [0.25, 0.3) is 5.91 Å². The molecule has 0 spiro atoms. The van der Waals surface area contributed by atoms with Gasteiger partial charge in [0.15, 0.2) is 17.1 Å². The third-order valence-electron chi connectivity index (χ3n) is 4.99. The van der Waals surface area contributed by atoms with Crippen LogP contribution in [-0.2, 0) is 0 Å². The first-order chi connectivity index (χ1) is 13.3. The molecule has 0 radical (unpaired) electrons. The van der Waals surface area contributed by atoms with Crippen molar-refractivity contribution < 1.29 is 9.32 Å². The Labute approximate surface area is 155 Å². The predicted octanol–water partition coefficient (Wildman–Crippen LogP) is 3.36. The van der Waals surface area contributed by atoms with Gasteiger partial charge in [0.2, 0.25) is 0 Å². The molecule has 0 N–H and O–H groups in total. The number of fused-ring (bicyclic) bond motifs is 1. The maximum Gasteiger partial charge on any atom is 0.276 e. The van der Waals surface area contributed by atoms with Gasteiger partial charge in [0, 0.05) is 24.4 Å². The highest BCUT2D eigenvalue weighted by Gasteiger charge is 2.32. The molecule has 5 rings (SSSR count). The van der Waals surface area contributed by atoms with Crippen LogP contribution in [0.2, 0.25) is 0 Å². The van der Waals surface area contributed by atoms with Crippen LogP contribution in [0.5, 0.6) is 0 Å². The molecule has 7 nitrogen and oxygen atoms in total. The number of carbonyl (C=O) groups is 1. The monoisotopic (exact) mass is 359 g/mol. The Balaban J connectivity index is 1.42. The first-order valence-corrected chi connectivity index (χ1v) is 8.92. The average Bonchev–Trinajstić information content (AvgIpc) is 3.47. The van der Waals surface area contributed by atoms with Crippen molar-refractivity contribution in [1.29, 1.82) is 0 Å². The van der Waals surface area contributed by atoms with Crippen molar-refractivity contribution in [2.45, 2.75) is 18.9 Å². The molecular formula is C20H17N5O2. The van der Waals surface area contributed by atoms with E-state index < -0.39 is 0 Å². The van der Waals surface area contributed by atoms with Crippen molar-refractivity contribution in [2.75, 3.05) is 6.54 Å². The second kappa shape index (κ2) is 6.35. The van der Waals surface area contributed by atoms with E-state index in [0.717, 1.165) is 36.2 Å². The molecule has 0 aliphatic carbocycles. The number of pyridine rings is 1. The third-order valence-corrected chi connectivity index (χ3v) is 4.99. The summed E-state index contributed by atoms with van der Waals surface area (Å²) in [5.74, 6) is 0.435. The largest absolute Gasteiger partial charge is 0.355 e. The van der Waals surface area contributed by atoms with Crippen molar-refractivity contribution in [3.05, 3.63) is 72.3 Å². The number of rotatable bonds is 3. The van der Waals surface area contributed by atoms with Gasteiger partial charge in [-0.25, -0.2) is 9.50 Å². The SMILES string of the molecule is O=C(c1cc(-c2ccc3ncnn3c2)on1)N1CCC[C@H]1c1ccccc1. The molecule has 0 unspecified atom stereocenters. The fourth-order valence-corrected chi connectivity index (χ4v) is 3.65. The molecule has 1 aliphatic rings. The molecule has 0 bridgehead atoms. The van der Waals surface area contributed by atoms with Crippen LogP contribution in [0, 0.1) is 0 Å². The van der Waals surface area contributed by atoms with Crippen LogP contribution in [0.15, 0.2) is 65.6 Å². The molecule has 1 saturated heterocycles. The highest BCUT2D eigenvalue weighted by molar-refractivity contribution is 5.93. The van der Waals surface area contributed by atoms with Gasteiger partial charge in [0.05, 0.1) is 6.04 Å². The lowest BCUT2D eigenvalue weighted by Crippen LogP contribution is -2.30. The van der Waals surface area contributed by atoms with Crippen LogP contribution in [0.3, 0.4) is 0 Å². The van der Waals surface area contributed by atoms with Gasteiger partial charge in [-0.2, -0.15) is 5.10 Å². The molecule has 3 aromatic heterocycles. The minimum Gasteiger partial charge on any atom is -0.355 e. The lowest BCUT2D eigenvalue weighted by Gasteiger charge is -2.24. The van der Waals surface area contributed by atoms with Crippen LogP contribution in [0.25, 0.3) is 17.0 Å².